The number of hydrogen-bond donors (Lipinski definition) is 1. The third-order valence-corrected chi connectivity index (χ3v) is 2.01. The number of rotatable bonds is 4. The Bertz CT molecular complexity index is 538. The zero-order valence-corrected chi connectivity index (χ0v) is 8.59. The van der Waals surface area contributed by atoms with Gasteiger partial charge in [0.1, 0.15) is 18.7 Å². The van der Waals surface area contributed by atoms with Crippen LogP contribution in [0.1, 0.15) is 16.1 Å². The summed E-state index contributed by atoms with van der Waals surface area (Å²) in [6.45, 7) is -0.0771. The van der Waals surface area contributed by atoms with Crippen molar-refractivity contribution in [3.05, 3.63) is 47.6 Å². The Labute approximate surface area is 95.5 Å². The third kappa shape index (κ3) is 2.60. The monoisotopic (exact) mass is 237 g/mol. The molecule has 0 aliphatic heterocycles. The number of carbonyl (C=O) groups is 1. The van der Waals surface area contributed by atoms with Crippen LogP contribution in [0.2, 0.25) is 0 Å². The minimum atomic E-state index is -1.21. The SMILES string of the molecule is O=C(O)c1coc(OCc2ccccc2F)n1. The fourth-order valence-corrected chi connectivity index (χ4v) is 1.18. The van der Waals surface area contributed by atoms with Crippen LogP contribution in [0.15, 0.2) is 34.9 Å². The van der Waals surface area contributed by atoms with Crippen molar-refractivity contribution in [2.45, 2.75) is 6.61 Å². The number of oxazole rings is 1. The van der Waals surface area contributed by atoms with Gasteiger partial charge < -0.3 is 14.3 Å². The summed E-state index contributed by atoms with van der Waals surface area (Å²) in [5, 5.41) is 8.59. The van der Waals surface area contributed by atoms with Crippen LogP contribution in [0.5, 0.6) is 6.08 Å². The van der Waals surface area contributed by atoms with E-state index in [1.54, 1.807) is 18.2 Å². The minimum Gasteiger partial charge on any atom is -0.476 e. The lowest BCUT2D eigenvalue weighted by molar-refractivity contribution is 0.0690. The second kappa shape index (κ2) is 4.65. The number of hydrogen-bond acceptors (Lipinski definition) is 4. The van der Waals surface area contributed by atoms with Gasteiger partial charge in [-0.05, 0) is 6.07 Å². The maximum atomic E-state index is 13.2. The summed E-state index contributed by atoms with van der Waals surface area (Å²) >= 11 is 0. The van der Waals surface area contributed by atoms with Gasteiger partial charge in [0.25, 0.3) is 0 Å². The quantitative estimate of drug-likeness (QED) is 0.881. The van der Waals surface area contributed by atoms with E-state index in [0.29, 0.717) is 5.56 Å². The maximum absolute atomic E-state index is 13.2. The van der Waals surface area contributed by atoms with E-state index >= 15 is 0 Å². The molecule has 0 saturated heterocycles. The van der Waals surface area contributed by atoms with Crippen LogP contribution in [-0.4, -0.2) is 16.1 Å². The highest BCUT2D eigenvalue weighted by atomic mass is 19.1. The van der Waals surface area contributed by atoms with Crippen molar-refractivity contribution < 1.29 is 23.4 Å². The molecular weight excluding hydrogens is 229 g/mol. The molecule has 2 aromatic rings. The Balaban J connectivity index is 2.02. The molecule has 5 nitrogen and oxygen atoms in total. The summed E-state index contributed by atoms with van der Waals surface area (Å²) in [5.74, 6) is -1.62. The van der Waals surface area contributed by atoms with Crippen LogP contribution in [0.4, 0.5) is 4.39 Å². The van der Waals surface area contributed by atoms with E-state index < -0.39 is 11.8 Å². The zero-order valence-electron chi connectivity index (χ0n) is 8.59. The first kappa shape index (κ1) is 11.1. The van der Waals surface area contributed by atoms with Crippen molar-refractivity contribution in [3.63, 3.8) is 0 Å². The van der Waals surface area contributed by atoms with Crippen LogP contribution in [-0.2, 0) is 6.61 Å². The molecule has 0 aliphatic carbocycles. The van der Waals surface area contributed by atoms with Gasteiger partial charge in [0.2, 0.25) is 0 Å². The molecule has 1 aromatic carbocycles. The van der Waals surface area contributed by atoms with Gasteiger partial charge in [0.05, 0.1) is 0 Å². The summed E-state index contributed by atoms with van der Waals surface area (Å²) in [6, 6.07) is 6.08. The molecule has 0 radical (unpaired) electrons. The van der Waals surface area contributed by atoms with Crippen LogP contribution >= 0.6 is 0 Å². The summed E-state index contributed by atoms with van der Waals surface area (Å²) in [7, 11) is 0. The lowest BCUT2D eigenvalue weighted by Gasteiger charge is -2.02. The average Bonchev–Trinajstić information content (AvgIpc) is 2.77. The van der Waals surface area contributed by atoms with E-state index in [1.165, 1.54) is 6.07 Å². The van der Waals surface area contributed by atoms with Crippen molar-refractivity contribution in [2.75, 3.05) is 0 Å². The Morgan fingerprint density at radius 2 is 2.24 bits per heavy atom. The Kier molecular flexibility index (Phi) is 3.04. The molecule has 0 unspecified atom stereocenters. The predicted octanol–water partition coefficient (Wildman–Crippen LogP) is 2.09. The van der Waals surface area contributed by atoms with Crippen molar-refractivity contribution in [2.24, 2.45) is 0 Å². The van der Waals surface area contributed by atoms with Gasteiger partial charge in [-0.2, -0.15) is 4.98 Å². The van der Waals surface area contributed by atoms with Gasteiger partial charge in [-0.1, -0.05) is 18.2 Å². The second-order valence-corrected chi connectivity index (χ2v) is 3.18. The molecule has 17 heavy (non-hydrogen) atoms. The average molecular weight is 237 g/mol. The molecule has 0 fully saturated rings. The van der Waals surface area contributed by atoms with Crippen molar-refractivity contribution >= 4 is 5.97 Å². The molecule has 1 N–H and O–H groups in total. The molecule has 0 bridgehead atoms. The van der Waals surface area contributed by atoms with Crippen molar-refractivity contribution in [1.29, 1.82) is 0 Å². The predicted molar refractivity (Wildman–Crippen MR) is 54.2 cm³/mol. The molecule has 0 aliphatic rings. The highest BCUT2D eigenvalue weighted by Crippen LogP contribution is 2.14. The molecule has 1 aromatic heterocycles. The van der Waals surface area contributed by atoms with E-state index in [1.807, 2.05) is 0 Å². The maximum Gasteiger partial charge on any atom is 0.394 e. The number of aromatic nitrogens is 1. The van der Waals surface area contributed by atoms with E-state index in [-0.39, 0.29) is 18.4 Å². The van der Waals surface area contributed by atoms with Gasteiger partial charge in [-0.15, -0.1) is 0 Å². The Morgan fingerprint density at radius 1 is 1.47 bits per heavy atom. The fourth-order valence-electron chi connectivity index (χ4n) is 1.18. The van der Waals surface area contributed by atoms with Crippen LogP contribution in [0, 0.1) is 5.82 Å². The molecule has 0 saturated carbocycles. The van der Waals surface area contributed by atoms with Gasteiger partial charge >= 0.3 is 12.0 Å². The molecule has 0 spiro atoms. The second-order valence-electron chi connectivity index (χ2n) is 3.18. The largest absolute Gasteiger partial charge is 0.476 e. The standard InChI is InChI=1S/C11H8FNO4/c12-8-4-2-1-3-7(8)5-16-11-13-9(6-17-11)10(14)15/h1-4,6H,5H2,(H,14,15). The molecule has 0 amide bonds. The van der Waals surface area contributed by atoms with Gasteiger partial charge in [0, 0.05) is 5.56 Å². The Morgan fingerprint density at radius 3 is 2.88 bits per heavy atom. The summed E-state index contributed by atoms with van der Waals surface area (Å²) in [5.41, 5.74) is 0.0797. The first-order valence-electron chi connectivity index (χ1n) is 4.72. The number of benzene rings is 1. The summed E-state index contributed by atoms with van der Waals surface area (Å²) in [4.78, 5) is 14.0. The first-order valence-corrected chi connectivity index (χ1v) is 4.72. The van der Waals surface area contributed by atoms with Crippen molar-refractivity contribution in [1.82, 2.24) is 4.98 Å². The van der Waals surface area contributed by atoms with E-state index in [9.17, 15) is 9.18 Å². The van der Waals surface area contributed by atoms with Gasteiger partial charge in [-0.25, -0.2) is 9.18 Å². The van der Waals surface area contributed by atoms with E-state index in [4.69, 9.17) is 14.3 Å². The highest BCUT2D eigenvalue weighted by Gasteiger charge is 2.11. The van der Waals surface area contributed by atoms with Crippen LogP contribution in [0.3, 0.4) is 0 Å². The van der Waals surface area contributed by atoms with Gasteiger partial charge in [0.15, 0.2) is 5.69 Å². The minimum absolute atomic E-state index is 0.0771. The number of ether oxygens (including phenoxy) is 1. The summed E-state index contributed by atoms with van der Waals surface area (Å²) in [6.07, 6.45) is 0.754. The molecule has 88 valence electrons. The number of carboxylic acid groups (broad SMARTS) is 1. The lowest BCUT2D eigenvalue weighted by Crippen LogP contribution is -2.00. The van der Waals surface area contributed by atoms with Crippen molar-refractivity contribution in [3.8, 4) is 6.08 Å². The van der Waals surface area contributed by atoms with E-state index in [2.05, 4.69) is 4.98 Å². The molecule has 2 rings (SSSR count). The zero-order chi connectivity index (χ0) is 12.3. The van der Waals surface area contributed by atoms with E-state index in [0.717, 1.165) is 6.26 Å². The molecule has 6 heteroatoms. The molecule has 1 heterocycles. The third-order valence-electron chi connectivity index (χ3n) is 2.01. The topological polar surface area (TPSA) is 72.6 Å². The number of carboxylic acids is 1. The lowest BCUT2D eigenvalue weighted by atomic mass is 10.2. The van der Waals surface area contributed by atoms with Crippen LogP contribution in [0.25, 0.3) is 0 Å². The summed E-state index contributed by atoms with van der Waals surface area (Å²) < 4.78 is 23.0. The molecule has 0 atom stereocenters. The fraction of sp³-hybridized carbons (Fsp3) is 0.0909. The van der Waals surface area contributed by atoms with Gasteiger partial charge in [-0.3, -0.25) is 0 Å². The number of nitrogens with zero attached hydrogens (tertiary/aromatic N) is 1. The smallest absolute Gasteiger partial charge is 0.394 e. The number of aromatic carboxylic acids is 1. The Hall–Kier alpha value is -2.37. The number of halogens is 1. The highest BCUT2D eigenvalue weighted by molar-refractivity contribution is 5.84. The first-order chi connectivity index (χ1) is 8.16. The molecular formula is C11H8FNO4. The normalized spacial score (nSPS) is 10.2. The van der Waals surface area contributed by atoms with Crippen LogP contribution < -0.4 is 4.74 Å².